The third kappa shape index (κ3) is 3.32. The van der Waals surface area contributed by atoms with Crippen molar-refractivity contribution >= 4 is 23.2 Å². The number of benzene rings is 2. The summed E-state index contributed by atoms with van der Waals surface area (Å²) in [6.45, 7) is 0.305. The first-order valence-electron chi connectivity index (χ1n) is 6.14. The molecule has 0 amide bonds. The topological polar surface area (TPSA) is 52.8 Å². The summed E-state index contributed by atoms with van der Waals surface area (Å²) in [4.78, 5) is 6.86. The van der Waals surface area contributed by atoms with Crippen LogP contribution < -0.4 is 4.84 Å². The van der Waals surface area contributed by atoms with Gasteiger partial charge in [0.05, 0.1) is 0 Å². The molecule has 0 saturated carbocycles. The zero-order valence-electron chi connectivity index (χ0n) is 10.8. The highest BCUT2D eigenvalue weighted by atomic mass is 35.5. The van der Waals surface area contributed by atoms with Crippen molar-refractivity contribution in [2.75, 3.05) is 0 Å². The average molecular weight is 321 g/mol. The predicted molar refractivity (Wildman–Crippen MR) is 80.0 cm³/mol. The van der Waals surface area contributed by atoms with Gasteiger partial charge in [0.25, 0.3) is 0 Å². The average Bonchev–Trinajstić information content (AvgIpc) is 2.94. The second kappa shape index (κ2) is 6.11. The van der Waals surface area contributed by atoms with Gasteiger partial charge in [-0.05, 0) is 40.3 Å². The van der Waals surface area contributed by atoms with Crippen LogP contribution in [0.1, 0.15) is 5.56 Å². The Labute approximate surface area is 131 Å². The van der Waals surface area contributed by atoms with E-state index in [0.29, 0.717) is 22.5 Å². The van der Waals surface area contributed by atoms with Gasteiger partial charge >= 0.3 is 0 Å². The summed E-state index contributed by atoms with van der Waals surface area (Å²) in [6.07, 6.45) is 0. The van der Waals surface area contributed by atoms with Gasteiger partial charge in [0.1, 0.15) is 6.61 Å². The molecule has 106 valence electrons. The summed E-state index contributed by atoms with van der Waals surface area (Å²) in [6, 6.07) is 14.6. The van der Waals surface area contributed by atoms with E-state index >= 15 is 0 Å². The third-order valence-corrected chi connectivity index (χ3v) is 3.24. The zero-order valence-corrected chi connectivity index (χ0v) is 12.3. The summed E-state index contributed by atoms with van der Waals surface area (Å²) in [5.74, 6) is 0.486. The highest BCUT2D eigenvalue weighted by Gasteiger charge is 2.10. The molecule has 0 aliphatic carbocycles. The second-order valence-electron chi connectivity index (χ2n) is 4.29. The molecule has 0 aliphatic rings. The van der Waals surface area contributed by atoms with Gasteiger partial charge in [-0.25, -0.2) is 0 Å². The van der Waals surface area contributed by atoms with Crippen LogP contribution in [0.3, 0.4) is 0 Å². The number of hydrogen-bond donors (Lipinski definition) is 0. The van der Waals surface area contributed by atoms with E-state index in [9.17, 15) is 0 Å². The second-order valence-corrected chi connectivity index (χ2v) is 5.16. The molecule has 0 spiro atoms. The Balaban J connectivity index is 1.80. The van der Waals surface area contributed by atoms with Crippen molar-refractivity contribution in [1.29, 1.82) is 0 Å². The molecule has 5 nitrogen and oxygen atoms in total. The third-order valence-electron chi connectivity index (χ3n) is 2.77. The molecule has 1 heterocycles. The Bertz CT molecular complexity index is 760. The van der Waals surface area contributed by atoms with E-state index in [0.717, 1.165) is 11.1 Å². The van der Waals surface area contributed by atoms with Gasteiger partial charge in [0.15, 0.2) is 0 Å². The lowest BCUT2D eigenvalue weighted by atomic mass is 10.2. The summed E-state index contributed by atoms with van der Waals surface area (Å²) in [5, 5.41) is 12.7. The van der Waals surface area contributed by atoms with Crippen molar-refractivity contribution < 1.29 is 4.84 Å². The van der Waals surface area contributed by atoms with Crippen molar-refractivity contribution in [3.8, 4) is 11.4 Å². The van der Waals surface area contributed by atoms with E-state index in [-0.39, 0.29) is 0 Å². The fourth-order valence-electron chi connectivity index (χ4n) is 1.82. The van der Waals surface area contributed by atoms with Gasteiger partial charge in [-0.2, -0.15) is 0 Å². The summed E-state index contributed by atoms with van der Waals surface area (Å²) < 4.78 is 0. The maximum Gasteiger partial charge on any atom is 0.222 e. The molecule has 1 aromatic heterocycles. The van der Waals surface area contributed by atoms with Crippen LogP contribution in [0, 0.1) is 0 Å². The molecule has 2 aromatic carbocycles. The Morgan fingerprint density at radius 1 is 1.00 bits per heavy atom. The van der Waals surface area contributed by atoms with E-state index < -0.39 is 0 Å². The van der Waals surface area contributed by atoms with Gasteiger partial charge in [-0.1, -0.05) is 52.3 Å². The lowest BCUT2D eigenvalue weighted by Gasteiger charge is -2.07. The van der Waals surface area contributed by atoms with E-state index in [4.69, 9.17) is 28.0 Å². The van der Waals surface area contributed by atoms with Crippen molar-refractivity contribution in [2.45, 2.75) is 6.61 Å². The van der Waals surface area contributed by atoms with E-state index in [1.165, 1.54) is 4.85 Å². The van der Waals surface area contributed by atoms with Crippen LogP contribution in [0.5, 0.6) is 0 Å². The van der Waals surface area contributed by atoms with Gasteiger partial charge in [0, 0.05) is 15.6 Å². The molecule has 0 saturated heterocycles. The molecular formula is C14H10Cl2N4O. The smallest absolute Gasteiger partial charge is 0.222 e. The molecule has 0 unspecified atom stereocenters. The Morgan fingerprint density at radius 2 is 1.76 bits per heavy atom. The molecule has 0 bridgehead atoms. The maximum absolute atomic E-state index is 5.97. The lowest BCUT2D eigenvalue weighted by molar-refractivity contribution is 0.0695. The minimum absolute atomic E-state index is 0.305. The largest absolute Gasteiger partial charge is 0.389 e. The molecule has 3 rings (SSSR count). The van der Waals surface area contributed by atoms with Crippen LogP contribution in [-0.2, 0) is 6.61 Å². The maximum atomic E-state index is 5.97. The van der Waals surface area contributed by atoms with Crippen LogP contribution in [0.25, 0.3) is 11.4 Å². The normalized spacial score (nSPS) is 10.6. The number of hydrogen-bond acceptors (Lipinski definition) is 4. The van der Waals surface area contributed by atoms with Crippen molar-refractivity contribution in [2.24, 2.45) is 0 Å². The molecule has 0 radical (unpaired) electrons. The zero-order chi connectivity index (χ0) is 14.7. The quantitative estimate of drug-likeness (QED) is 0.740. The summed E-state index contributed by atoms with van der Waals surface area (Å²) >= 11 is 11.9. The van der Waals surface area contributed by atoms with Crippen LogP contribution in [0.4, 0.5) is 0 Å². The van der Waals surface area contributed by atoms with Crippen LogP contribution in [0.2, 0.25) is 10.0 Å². The van der Waals surface area contributed by atoms with Gasteiger partial charge in [0.2, 0.25) is 5.82 Å². The predicted octanol–water partition coefficient (Wildman–Crippen LogP) is 3.28. The minimum Gasteiger partial charge on any atom is -0.389 e. The molecule has 0 atom stereocenters. The lowest BCUT2D eigenvalue weighted by Crippen LogP contribution is -2.14. The van der Waals surface area contributed by atoms with Crippen LogP contribution >= 0.6 is 23.2 Å². The number of nitrogens with zero attached hydrogens (tertiary/aromatic N) is 4. The SMILES string of the molecule is Clc1cccc(COn2nnnc2-c2cccc(Cl)c2)c1. The van der Waals surface area contributed by atoms with Crippen molar-refractivity contribution in [3.05, 3.63) is 64.1 Å². The number of tetrazole rings is 1. The Morgan fingerprint density at radius 3 is 2.52 bits per heavy atom. The van der Waals surface area contributed by atoms with Crippen LogP contribution in [-0.4, -0.2) is 20.4 Å². The number of rotatable bonds is 4. The standard InChI is InChI=1S/C14H10Cl2N4O/c15-12-5-1-3-10(7-12)9-21-20-14(17-18-19-20)11-4-2-6-13(16)8-11/h1-8H,9H2. The molecule has 7 heteroatoms. The van der Waals surface area contributed by atoms with Crippen LogP contribution in [0.15, 0.2) is 48.5 Å². The fraction of sp³-hybridized carbons (Fsp3) is 0.0714. The molecule has 0 fully saturated rings. The minimum atomic E-state index is 0.305. The first kappa shape index (κ1) is 13.9. The fourth-order valence-corrected chi connectivity index (χ4v) is 2.23. The van der Waals surface area contributed by atoms with E-state index in [1.807, 2.05) is 30.3 Å². The van der Waals surface area contributed by atoms with Crippen molar-refractivity contribution in [3.63, 3.8) is 0 Å². The molecule has 3 aromatic rings. The van der Waals surface area contributed by atoms with Gasteiger partial charge < -0.3 is 4.84 Å². The highest BCUT2D eigenvalue weighted by molar-refractivity contribution is 6.31. The number of halogens is 2. The first-order valence-corrected chi connectivity index (χ1v) is 6.90. The van der Waals surface area contributed by atoms with Gasteiger partial charge in [-0.3, -0.25) is 0 Å². The van der Waals surface area contributed by atoms with E-state index in [2.05, 4.69) is 15.5 Å². The van der Waals surface area contributed by atoms with Crippen molar-refractivity contribution in [1.82, 2.24) is 20.4 Å². The molecule has 0 aliphatic heterocycles. The Kier molecular flexibility index (Phi) is 4.03. The summed E-state index contributed by atoms with van der Waals surface area (Å²) in [7, 11) is 0. The molecule has 21 heavy (non-hydrogen) atoms. The molecule has 0 N–H and O–H groups in total. The number of aromatic nitrogens is 4. The van der Waals surface area contributed by atoms with Gasteiger partial charge in [-0.15, -0.1) is 5.10 Å². The monoisotopic (exact) mass is 320 g/mol. The van der Waals surface area contributed by atoms with E-state index in [1.54, 1.807) is 18.2 Å². The highest BCUT2D eigenvalue weighted by Crippen LogP contribution is 2.19. The Hall–Kier alpha value is -2.11. The molecular weight excluding hydrogens is 311 g/mol. The summed E-state index contributed by atoms with van der Waals surface area (Å²) in [5.41, 5.74) is 1.70. The first-order chi connectivity index (χ1) is 10.2.